The van der Waals surface area contributed by atoms with Crippen molar-refractivity contribution in [3.8, 4) is 0 Å². The summed E-state index contributed by atoms with van der Waals surface area (Å²) in [4.78, 5) is 2.76. The maximum atomic E-state index is 3.47. The molecule has 3 rings (SSSR count). The summed E-state index contributed by atoms with van der Waals surface area (Å²) in [7, 11) is 0. The Hall–Kier alpha value is -0.0800. The normalized spacial score (nSPS) is 36.7. The largest absolute Gasteiger partial charge is 0.314 e. The first-order chi connectivity index (χ1) is 8.93. The Kier molecular flexibility index (Phi) is 4.58. The molecule has 0 spiro atoms. The molecule has 0 bridgehead atoms. The molecule has 3 aliphatic rings. The molecule has 2 heteroatoms. The molecule has 1 saturated heterocycles. The van der Waals surface area contributed by atoms with Gasteiger partial charge in [0, 0.05) is 32.2 Å². The number of hydrogen-bond acceptors (Lipinski definition) is 2. The van der Waals surface area contributed by atoms with Crippen molar-refractivity contribution in [1.82, 2.24) is 10.2 Å². The van der Waals surface area contributed by atoms with E-state index in [1.54, 1.807) is 12.8 Å². The van der Waals surface area contributed by atoms with Gasteiger partial charge in [-0.1, -0.05) is 32.1 Å². The third-order valence-electron chi connectivity index (χ3n) is 5.73. The highest BCUT2D eigenvalue weighted by molar-refractivity contribution is 4.85. The van der Waals surface area contributed by atoms with E-state index in [-0.39, 0.29) is 0 Å². The summed E-state index contributed by atoms with van der Waals surface area (Å²) in [6, 6.07) is 0.923. The minimum Gasteiger partial charge on any atom is -0.314 e. The van der Waals surface area contributed by atoms with Crippen LogP contribution in [0.4, 0.5) is 0 Å². The third kappa shape index (κ3) is 3.08. The molecule has 2 saturated carbocycles. The van der Waals surface area contributed by atoms with Gasteiger partial charge in [0.25, 0.3) is 0 Å². The molecule has 0 radical (unpaired) electrons. The molecule has 0 aromatic carbocycles. The van der Waals surface area contributed by atoms with Gasteiger partial charge in [0.05, 0.1) is 0 Å². The summed E-state index contributed by atoms with van der Waals surface area (Å²) < 4.78 is 0. The SMILES string of the molecule is C1CCC([C@H]2CC[C@H](N3CCNCC3)CC2)CC1. The van der Waals surface area contributed by atoms with Crippen molar-refractivity contribution < 1.29 is 0 Å². The lowest BCUT2D eigenvalue weighted by Crippen LogP contribution is -2.49. The van der Waals surface area contributed by atoms with Crippen molar-refractivity contribution in [3.63, 3.8) is 0 Å². The summed E-state index contributed by atoms with van der Waals surface area (Å²) in [5.74, 6) is 2.19. The fraction of sp³-hybridized carbons (Fsp3) is 1.00. The molecule has 2 nitrogen and oxygen atoms in total. The zero-order chi connectivity index (χ0) is 12.2. The second-order valence-corrected chi connectivity index (χ2v) is 6.75. The van der Waals surface area contributed by atoms with Crippen molar-refractivity contribution >= 4 is 0 Å². The highest BCUT2D eigenvalue weighted by Crippen LogP contribution is 2.39. The summed E-state index contributed by atoms with van der Waals surface area (Å²) in [5, 5.41) is 3.47. The van der Waals surface area contributed by atoms with E-state index < -0.39 is 0 Å². The van der Waals surface area contributed by atoms with Gasteiger partial charge < -0.3 is 5.32 Å². The molecule has 18 heavy (non-hydrogen) atoms. The minimum atomic E-state index is 0.923. The Morgan fingerprint density at radius 2 is 1.28 bits per heavy atom. The van der Waals surface area contributed by atoms with Crippen LogP contribution >= 0.6 is 0 Å². The van der Waals surface area contributed by atoms with Crippen LogP contribution in [0.1, 0.15) is 57.8 Å². The van der Waals surface area contributed by atoms with Gasteiger partial charge in [-0.05, 0) is 37.5 Å². The maximum Gasteiger partial charge on any atom is 0.0110 e. The topological polar surface area (TPSA) is 15.3 Å². The number of hydrogen-bond donors (Lipinski definition) is 1. The van der Waals surface area contributed by atoms with E-state index >= 15 is 0 Å². The first-order valence-corrected chi connectivity index (χ1v) is 8.38. The highest BCUT2D eigenvalue weighted by Gasteiger charge is 2.30. The van der Waals surface area contributed by atoms with E-state index in [0.717, 1.165) is 17.9 Å². The predicted molar refractivity (Wildman–Crippen MR) is 76.8 cm³/mol. The Morgan fingerprint density at radius 3 is 1.94 bits per heavy atom. The van der Waals surface area contributed by atoms with Gasteiger partial charge >= 0.3 is 0 Å². The standard InChI is InChI=1S/C16H30N2/c1-2-4-14(5-3-1)15-6-8-16(9-7-15)18-12-10-17-11-13-18/h14-17H,1-13H2/t15-,16-. The van der Waals surface area contributed by atoms with E-state index in [0.29, 0.717) is 0 Å². The number of piperazine rings is 1. The molecule has 104 valence electrons. The van der Waals surface area contributed by atoms with Crippen LogP contribution in [0.3, 0.4) is 0 Å². The molecule has 0 amide bonds. The Bertz CT molecular complexity index is 207. The lowest BCUT2D eigenvalue weighted by Gasteiger charge is -2.41. The number of rotatable bonds is 2. The lowest BCUT2D eigenvalue weighted by atomic mass is 9.72. The van der Waals surface area contributed by atoms with Crippen LogP contribution in [0.25, 0.3) is 0 Å². The summed E-state index contributed by atoms with van der Waals surface area (Å²) in [6.45, 7) is 5.00. The number of nitrogens with one attached hydrogen (secondary N) is 1. The van der Waals surface area contributed by atoms with Crippen LogP contribution in [0.2, 0.25) is 0 Å². The molecule has 3 fully saturated rings. The van der Waals surface area contributed by atoms with Crippen molar-refractivity contribution in [2.75, 3.05) is 26.2 Å². The quantitative estimate of drug-likeness (QED) is 0.810. The van der Waals surface area contributed by atoms with Gasteiger partial charge in [-0.25, -0.2) is 0 Å². The van der Waals surface area contributed by atoms with Crippen LogP contribution in [0, 0.1) is 11.8 Å². The van der Waals surface area contributed by atoms with Crippen LogP contribution < -0.4 is 5.32 Å². The summed E-state index contributed by atoms with van der Waals surface area (Å²) >= 11 is 0. The molecular formula is C16H30N2. The smallest absolute Gasteiger partial charge is 0.0110 e. The van der Waals surface area contributed by atoms with Crippen molar-refractivity contribution in [2.45, 2.75) is 63.8 Å². The average Bonchev–Trinajstić information content (AvgIpc) is 2.49. The van der Waals surface area contributed by atoms with Crippen LogP contribution in [0.5, 0.6) is 0 Å². The van der Waals surface area contributed by atoms with Gasteiger partial charge in [-0.3, -0.25) is 4.90 Å². The van der Waals surface area contributed by atoms with Crippen molar-refractivity contribution in [3.05, 3.63) is 0 Å². The molecule has 0 aromatic heterocycles. The summed E-state index contributed by atoms with van der Waals surface area (Å²) in [5.41, 5.74) is 0. The Labute approximate surface area is 113 Å². The molecule has 0 atom stereocenters. The van der Waals surface area contributed by atoms with Crippen LogP contribution in [0.15, 0.2) is 0 Å². The average molecular weight is 250 g/mol. The van der Waals surface area contributed by atoms with Gasteiger partial charge in [0.2, 0.25) is 0 Å². The predicted octanol–water partition coefficient (Wildman–Crippen LogP) is 3.03. The maximum absolute atomic E-state index is 3.47. The van der Waals surface area contributed by atoms with Crippen molar-refractivity contribution in [1.29, 1.82) is 0 Å². The van der Waals surface area contributed by atoms with Crippen molar-refractivity contribution in [2.24, 2.45) is 11.8 Å². The zero-order valence-electron chi connectivity index (χ0n) is 11.9. The van der Waals surface area contributed by atoms with Gasteiger partial charge in [-0.15, -0.1) is 0 Å². The van der Waals surface area contributed by atoms with E-state index in [2.05, 4.69) is 10.2 Å². The van der Waals surface area contributed by atoms with E-state index in [9.17, 15) is 0 Å². The zero-order valence-corrected chi connectivity index (χ0v) is 11.9. The first-order valence-electron chi connectivity index (χ1n) is 8.38. The van der Waals surface area contributed by atoms with Crippen LogP contribution in [-0.2, 0) is 0 Å². The monoisotopic (exact) mass is 250 g/mol. The third-order valence-corrected chi connectivity index (χ3v) is 5.73. The van der Waals surface area contributed by atoms with Crippen LogP contribution in [-0.4, -0.2) is 37.1 Å². The molecule has 1 N–H and O–H groups in total. The van der Waals surface area contributed by atoms with Gasteiger partial charge in [0.15, 0.2) is 0 Å². The molecular weight excluding hydrogens is 220 g/mol. The van der Waals surface area contributed by atoms with E-state index in [4.69, 9.17) is 0 Å². The Balaban J connectivity index is 1.45. The Morgan fingerprint density at radius 1 is 0.667 bits per heavy atom. The fourth-order valence-electron chi connectivity index (χ4n) is 4.59. The second kappa shape index (κ2) is 6.38. The summed E-state index contributed by atoms with van der Waals surface area (Å²) in [6.07, 6.45) is 13.7. The highest BCUT2D eigenvalue weighted by atomic mass is 15.2. The molecule has 0 unspecified atom stereocenters. The minimum absolute atomic E-state index is 0.923. The van der Waals surface area contributed by atoms with Gasteiger partial charge in [0.1, 0.15) is 0 Å². The molecule has 1 heterocycles. The lowest BCUT2D eigenvalue weighted by molar-refractivity contribution is 0.0968. The van der Waals surface area contributed by atoms with Gasteiger partial charge in [-0.2, -0.15) is 0 Å². The number of nitrogens with zero attached hydrogens (tertiary/aromatic N) is 1. The molecule has 1 aliphatic heterocycles. The van der Waals surface area contributed by atoms with E-state index in [1.807, 2.05) is 0 Å². The fourth-order valence-corrected chi connectivity index (χ4v) is 4.59. The molecule has 2 aliphatic carbocycles. The molecule has 0 aromatic rings. The van der Waals surface area contributed by atoms with E-state index in [1.165, 1.54) is 71.1 Å². The first kappa shape index (κ1) is 12.9. The second-order valence-electron chi connectivity index (χ2n) is 6.75.